The summed E-state index contributed by atoms with van der Waals surface area (Å²) in [6, 6.07) is 20.8. The van der Waals surface area contributed by atoms with Gasteiger partial charge in [-0.25, -0.2) is 9.96 Å². The summed E-state index contributed by atoms with van der Waals surface area (Å²) in [5.74, 6) is -0.409. The summed E-state index contributed by atoms with van der Waals surface area (Å²) < 4.78 is 11.0. The van der Waals surface area contributed by atoms with Gasteiger partial charge in [-0.1, -0.05) is 35.9 Å². The molecule has 3 aromatic rings. The van der Waals surface area contributed by atoms with Crippen molar-refractivity contribution in [3.63, 3.8) is 0 Å². The van der Waals surface area contributed by atoms with E-state index in [-0.39, 0.29) is 5.91 Å². The van der Waals surface area contributed by atoms with E-state index in [0.717, 1.165) is 10.6 Å². The molecular weight excluding hydrogens is 444 g/mol. The molecule has 0 saturated carbocycles. The molecule has 2 saturated heterocycles. The molecule has 0 spiro atoms. The lowest BCUT2D eigenvalue weighted by Gasteiger charge is -2.29. The van der Waals surface area contributed by atoms with Crippen molar-refractivity contribution < 1.29 is 23.9 Å². The van der Waals surface area contributed by atoms with Crippen LogP contribution in [0.15, 0.2) is 72.8 Å². The van der Waals surface area contributed by atoms with Crippen molar-refractivity contribution in [3.05, 3.63) is 83.4 Å². The number of carbonyl (C=O) groups is 2. The third kappa shape index (κ3) is 3.50. The van der Waals surface area contributed by atoms with E-state index >= 15 is 0 Å². The summed E-state index contributed by atoms with van der Waals surface area (Å²) >= 11 is 6.12. The Kier molecular flexibility index (Phi) is 5.44. The van der Waals surface area contributed by atoms with E-state index in [1.165, 1.54) is 0 Å². The van der Waals surface area contributed by atoms with Gasteiger partial charge in [0, 0.05) is 16.7 Å². The molecule has 0 bridgehead atoms. The molecule has 2 aliphatic rings. The summed E-state index contributed by atoms with van der Waals surface area (Å²) in [5.41, 5.74) is 1.86. The SMILES string of the molecule is COc1ccc([C@@H]2[C@H]3C(=O)N(c4cccc(Cl)c4)C(=O)[C@@H]3ON2c2ccccc2)c(OC)c1. The molecular formula is C25H21ClN2O5. The van der Waals surface area contributed by atoms with E-state index < -0.39 is 24.0 Å². The van der Waals surface area contributed by atoms with Crippen molar-refractivity contribution >= 4 is 34.8 Å². The zero-order valence-electron chi connectivity index (χ0n) is 18.0. The average Bonchev–Trinajstić information content (AvgIpc) is 3.35. The Balaban J connectivity index is 1.62. The minimum absolute atomic E-state index is 0.353. The molecule has 0 radical (unpaired) electrons. The number of rotatable bonds is 5. The Labute approximate surface area is 196 Å². The highest BCUT2D eigenvalue weighted by molar-refractivity contribution is 6.31. The fourth-order valence-corrected chi connectivity index (χ4v) is 4.65. The van der Waals surface area contributed by atoms with E-state index in [1.54, 1.807) is 55.7 Å². The Bertz CT molecular complexity index is 1220. The van der Waals surface area contributed by atoms with E-state index in [1.807, 2.05) is 36.4 Å². The lowest BCUT2D eigenvalue weighted by molar-refractivity contribution is -0.126. The molecule has 2 aliphatic heterocycles. The summed E-state index contributed by atoms with van der Waals surface area (Å²) in [4.78, 5) is 34.4. The summed E-state index contributed by atoms with van der Waals surface area (Å²) in [7, 11) is 3.12. The largest absolute Gasteiger partial charge is 0.497 e. The number of nitrogens with zero attached hydrogens (tertiary/aromatic N) is 2. The van der Waals surface area contributed by atoms with Gasteiger partial charge >= 0.3 is 0 Å². The molecule has 8 heteroatoms. The quantitative estimate of drug-likeness (QED) is 0.521. The molecule has 7 nitrogen and oxygen atoms in total. The molecule has 33 heavy (non-hydrogen) atoms. The molecule has 0 aromatic heterocycles. The van der Waals surface area contributed by atoms with Crippen LogP contribution in [0.1, 0.15) is 11.6 Å². The second-order valence-corrected chi connectivity index (χ2v) is 8.19. The lowest BCUT2D eigenvalue weighted by atomic mass is 9.90. The second-order valence-electron chi connectivity index (χ2n) is 7.76. The first-order valence-electron chi connectivity index (χ1n) is 10.4. The zero-order chi connectivity index (χ0) is 23.1. The minimum atomic E-state index is -0.978. The number of para-hydroxylation sites is 1. The molecule has 3 atom stereocenters. The average molecular weight is 465 g/mol. The maximum atomic E-state index is 13.7. The smallest absolute Gasteiger partial charge is 0.266 e. The molecule has 0 unspecified atom stereocenters. The van der Waals surface area contributed by atoms with Gasteiger partial charge in [0.1, 0.15) is 17.4 Å². The first-order chi connectivity index (χ1) is 16.0. The molecule has 0 aliphatic carbocycles. The first kappa shape index (κ1) is 21.3. The molecule has 2 fully saturated rings. The van der Waals surface area contributed by atoms with Crippen molar-refractivity contribution in [2.75, 3.05) is 24.2 Å². The Morgan fingerprint density at radius 1 is 0.848 bits per heavy atom. The van der Waals surface area contributed by atoms with Gasteiger partial charge in [0.05, 0.1) is 31.6 Å². The summed E-state index contributed by atoms with van der Waals surface area (Å²) in [6.07, 6.45) is -0.978. The van der Waals surface area contributed by atoms with Gasteiger partial charge in [-0.05, 0) is 42.5 Å². The van der Waals surface area contributed by atoms with Gasteiger partial charge in [-0.3, -0.25) is 14.4 Å². The van der Waals surface area contributed by atoms with Crippen LogP contribution in [0.3, 0.4) is 0 Å². The van der Waals surface area contributed by atoms with Crippen LogP contribution >= 0.6 is 11.6 Å². The standard InChI is InChI=1S/C25H21ClN2O5/c1-31-18-11-12-19(20(14-18)32-2)22-21-23(33-28(22)16-8-4-3-5-9-16)25(30)27(24(21)29)17-10-6-7-15(26)13-17/h3-14,21-23H,1-2H3/t21-,22-,23-/m1/s1. The number of benzene rings is 3. The molecule has 5 rings (SSSR count). The number of carbonyl (C=O) groups excluding carboxylic acids is 2. The number of methoxy groups -OCH3 is 2. The van der Waals surface area contributed by atoms with Crippen molar-refractivity contribution in [2.24, 2.45) is 5.92 Å². The molecule has 168 valence electrons. The van der Waals surface area contributed by atoms with Gasteiger partial charge in [-0.15, -0.1) is 0 Å². The van der Waals surface area contributed by atoms with Crippen LogP contribution in [0.25, 0.3) is 0 Å². The Morgan fingerprint density at radius 3 is 2.30 bits per heavy atom. The topological polar surface area (TPSA) is 68.3 Å². The molecule has 2 heterocycles. The molecule has 0 N–H and O–H groups in total. The van der Waals surface area contributed by atoms with E-state index in [4.69, 9.17) is 25.9 Å². The second kappa shape index (κ2) is 8.42. The van der Waals surface area contributed by atoms with Crippen LogP contribution in [0, 0.1) is 5.92 Å². The van der Waals surface area contributed by atoms with E-state index in [0.29, 0.717) is 27.8 Å². The van der Waals surface area contributed by atoms with Gasteiger partial charge in [0.2, 0.25) is 5.91 Å². The van der Waals surface area contributed by atoms with Crippen LogP contribution in [0.2, 0.25) is 5.02 Å². The van der Waals surface area contributed by atoms with Crippen LogP contribution in [0.4, 0.5) is 11.4 Å². The third-order valence-electron chi connectivity index (χ3n) is 5.95. The van der Waals surface area contributed by atoms with Gasteiger partial charge in [-0.2, -0.15) is 0 Å². The minimum Gasteiger partial charge on any atom is -0.497 e. The van der Waals surface area contributed by atoms with Gasteiger partial charge in [0.15, 0.2) is 6.10 Å². The predicted molar refractivity (Wildman–Crippen MR) is 124 cm³/mol. The third-order valence-corrected chi connectivity index (χ3v) is 6.19. The number of anilines is 2. The van der Waals surface area contributed by atoms with E-state index in [2.05, 4.69) is 0 Å². The maximum Gasteiger partial charge on any atom is 0.266 e. The number of hydroxylamine groups is 1. The van der Waals surface area contributed by atoms with Crippen LogP contribution in [-0.2, 0) is 14.4 Å². The van der Waals surface area contributed by atoms with Crippen molar-refractivity contribution in [1.82, 2.24) is 0 Å². The maximum absolute atomic E-state index is 13.7. The predicted octanol–water partition coefficient (Wildman–Crippen LogP) is 4.41. The number of hydrogen-bond donors (Lipinski definition) is 0. The highest BCUT2D eigenvalue weighted by atomic mass is 35.5. The van der Waals surface area contributed by atoms with E-state index in [9.17, 15) is 9.59 Å². The number of ether oxygens (including phenoxy) is 2. The normalized spacial score (nSPS) is 22.0. The zero-order valence-corrected chi connectivity index (χ0v) is 18.7. The van der Waals surface area contributed by atoms with Crippen LogP contribution < -0.4 is 19.4 Å². The number of imide groups is 1. The lowest BCUT2D eigenvalue weighted by Crippen LogP contribution is -2.37. The van der Waals surface area contributed by atoms with Crippen LogP contribution in [0.5, 0.6) is 11.5 Å². The number of hydrogen-bond acceptors (Lipinski definition) is 6. The highest BCUT2D eigenvalue weighted by Gasteiger charge is 2.60. The monoisotopic (exact) mass is 464 g/mol. The molecule has 3 aromatic carbocycles. The van der Waals surface area contributed by atoms with Crippen molar-refractivity contribution in [2.45, 2.75) is 12.1 Å². The first-order valence-corrected chi connectivity index (χ1v) is 10.8. The number of fused-ring (bicyclic) bond motifs is 1. The van der Waals surface area contributed by atoms with Crippen LogP contribution in [-0.4, -0.2) is 32.1 Å². The molecule has 2 amide bonds. The number of halogens is 1. The Hall–Kier alpha value is -3.55. The summed E-state index contributed by atoms with van der Waals surface area (Å²) in [6.45, 7) is 0. The summed E-state index contributed by atoms with van der Waals surface area (Å²) in [5, 5.41) is 2.07. The van der Waals surface area contributed by atoms with Gasteiger partial charge < -0.3 is 9.47 Å². The fourth-order valence-electron chi connectivity index (χ4n) is 4.46. The number of amides is 2. The van der Waals surface area contributed by atoms with Crippen molar-refractivity contribution in [1.29, 1.82) is 0 Å². The highest BCUT2D eigenvalue weighted by Crippen LogP contribution is 2.50. The Morgan fingerprint density at radius 2 is 1.61 bits per heavy atom. The van der Waals surface area contributed by atoms with Crippen molar-refractivity contribution in [3.8, 4) is 11.5 Å². The fraction of sp³-hybridized carbons (Fsp3) is 0.200. The van der Waals surface area contributed by atoms with Gasteiger partial charge in [0.25, 0.3) is 5.91 Å².